The van der Waals surface area contributed by atoms with E-state index < -0.39 is 0 Å². The highest BCUT2D eigenvalue weighted by Gasteiger charge is 2.34. The molecule has 1 aliphatic carbocycles. The standard InChI is InChI=1S/C17H20BrN3O2/c1-17(2,3)10-4-6-13-12(8-10)15(21-23-13)16(22)20-14-7-5-11(18)9-19-14/h5,7,9-10H,4,6,8H2,1-3H3,(H,19,20,22)/t10-/m1/s1. The number of amides is 1. The molecule has 1 aliphatic rings. The Hall–Kier alpha value is -1.69. The van der Waals surface area contributed by atoms with Crippen molar-refractivity contribution in [3.05, 3.63) is 39.8 Å². The molecule has 2 aromatic rings. The molecule has 5 nitrogen and oxygen atoms in total. The lowest BCUT2D eigenvalue weighted by Crippen LogP contribution is -2.27. The number of aromatic nitrogens is 2. The molecule has 122 valence electrons. The third kappa shape index (κ3) is 3.47. The number of carbonyl (C=O) groups is 1. The Morgan fingerprint density at radius 3 is 2.83 bits per heavy atom. The van der Waals surface area contributed by atoms with Crippen molar-refractivity contribution >= 4 is 27.7 Å². The number of rotatable bonds is 2. The van der Waals surface area contributed by atoms with E-state index in [4.69, 9.17) is 4.52 Å². The average Bonchev–Trinajstić information content (AvgIpc) is 2.92. The minimum absolute atomic E-state index is 0.204. The van der Waals surface area contributed by atoms with E-state index >= 15 is 0 Å². The summed E-state index contributed by atoms with van der Waals surface area (Å²) in [7, 11) is 0. The number of nitrogens with one attached hydrogen (secondary N) is 1. The van der Waals surface area contributed by atoms with Crippen LogP contribution in [0.4, 0.5) is 5.82 Å². The van der Waals surface area contributed by atoms with Gasteiger partial charge in [0, 0.05) is 22.7 Å². The molecule has 0 spiro atoms. The first kappa shape index (κ1) is 16.2. The van der Waals surface area contributed by atoms with Crippen LogP contribution in [0, 0.1) is 11.3 Å². The molecule has 0 bridgehead atoms. The number of halogens is 1. The molecule has 0 aliphatic heterocycles. The van der Waals surface area contributed by atoms with Crippen LogP contribution in [0.25, 0.3) is 0 Å². The second-order valence-electron chi connectivity index (χ2n) is 7.05. The third-order valence-corrected chi connectivity index (χ3v) is 4.92. The van der Waals surface area contributed by atoms with Crippen molar-refractivity contribution in [3.8, 4) is 0 Å². The van der Waals surface area contributed by atoms with Gasteiger partial charge in [-0.1, -0.05) is 25.9 Å². The summed E-state index contributed by atoms with van der Waals surface area (Å²) in [4.78, 5) is 16.7. The molecule has 2 heterocycles. The van der Waals surface area contributed by atoms with Crippen LogP contribution in [0.3, 0.4) is 0 Å². The summed E-state index contributed by atoms with van der Waals surface area (Å²) in [6, 6.07) is 3.57. The first-order valence-electron chi connectivity index (χ1n) is 7.75. The van der Waals surface area contributed by atoms with Gasteiger partial charge < -0.3 is 9.84 Å². The van der Waals surface area contributed by atoms with E-state index in [2.05, 4.69) is 52.2 Å². The van der Waals surface area contributed by atoms with Gasteiger partial charge in [-0.2, -0.15) is 0 Å². The zero-order valence-corrected chi connectivity index (χ0v) is 15.1. The number of anilines is 1. The van der Waals surface area contributed by atoms with Gasteiger partial charge in [-0.25, -0.2) is 4.98 Å². The number of pyridine rings is 1. The van der Waals surface area contributed by atoms with E-state index in [1.807, 2.05) is 6.07 Å². The van der Waals surface area contributed by atoms with Crippen molar-refractivity contribution < 1.29 is 9.32 Å². The number of carbonyl (C=O) groups excluding carboxylic acids is 1. The molecule has 3 rings (SSSR count). The summed E-state index contributed by atoms with van der Waals surface area (Å²) in [6.45, 7) is 6.71. The summed E-state index contributed by atoms with van der Waals surface area (Å²) < 4.78 is 6.25. The van der Waals surface area contributed by atoms with Gasteiger partial charge in [-0.15, -0.1) is 0 Å². The number of hydrogen-bond donors (Lipinski definition) is 1. The van der Waals surface area contributed by atoms with Crippen LogP contribution >= 0.6 is 15.9 Å². The molecule has 1 amide bonds. The van der Waals surface area contributed by atoms with Crippen molar-refractivity contribution in [3.63, 3.8) is 0 Å². The quantitative estimate of drug-likeness (QED) is 0.849. The summed E-state index contributed by atoms with van der Waals surface area (Å²) in [5, 5.41) is 6.79. The number of fused-ring (bicyclic) bond motifs is 1. The van der Waals surface area contributed by atoms with E-state index in [1.54, 1.807) is 12.3 Å². The number of aryl methyl sites for hydroxylation is 1. The molecule has 0 fully saturated rings. The Labute approximate surface area is 144 Å². The predicted molar refractivity (Wildman–Crippen MR) is 91.4 cm³/mol. The second-order valence-corrected chi connectivity index (χ2v) is 7.97. The van der Waals surface area contributed by atoms with E-state index in [1.165, 1.54) is 0 Å². The van der Waals surface area contributed by atoms with Gasteiger partial charge in [0.15, 0.2) is 5.69 Å². The third-order valence-electron chi connectivity index (χ3n) is 4.45. The molecule has 23 heavy (non-hydrogen) atoms. The van der Waals surface area contributed by atoms with Gasteiger partial charge in [-0.3, -0.25) is 4.79 Å². The minimum Gasteiger partial charge on any atom is -0.360 e. The van der Waals surface area contributed by atoms with Crippen LogP contribution in [-0.2, 0) is 12.8 Å². The molecule has 0 saturated carbocycles. The summed E-state index contributed by atoms with van der Waals surface area (Å²) in [5.41, 5.74) is 1.54. The van der Waals surface area contributed by atoms with E-state index in [0.717, 1.165) is 35.1 Å². The molecule has 1 atom stereocenters. The maximum atomic E-state index is 12.5. The van der Waals surface area contributed by atoms with Gasteiger partial charge in [0.1, 0.15) is 11.6 Å². The zero-order valence-electron chi connectivity index (χ0n) is 13.5. The second kappa shape index (κ2) is 6.07. The van der Waals surface area contributed by atoms with Crippen molar-refractivity contribution in [2.75, 3.05) is 5.32 Å². The van der Waals surface area contributed by atoms with Gasteiger partial charge in [0.25, 0.3) is 5.91 Å². The van der Waals surface area contributed by atoms with E-state index in [-0.39, 0.29) is 11.3 Å². The molecule has 0 aromatic carbocycles. The fourth-order valence-electron chi connectivity index (χ4n) is 2.95. The van der Waals surface area contributed by atoms with E-state index in [0.29, 0.717) is 17.4 Å². The van der Waals surface area contributed by atoms with Crippen molar-refractivity contribution in [2.24, 2.45) is 11.3 Å². The first-order valence-corrected chi connectivity index (χ1v) is 8.54. The van der Waals surface area contributed by atoms with Crippen molar-refractivity contribution in [2.45, 2.75) is 40.0 Å². The fraction of sp³-hybridized carbons (Fsp3) is 0.471. The Kier molecular flexibility index (Phi) is 4.27. The highest BCUT2D eigenvalue weighted by Crippen LogP contribution is 2.38. The van der Waals surface area contributed by atoms with Crippen molar-refractivity contribution in [1.82, 2.24) is 10.1 Å². The number of hydrogen-bond acceptors (Lipinski definition) is 4. The SMILES string of the molecule is CC(C)(C)[C@@H]1CCc2onc(C(=O)Nc3ccc(Br)cn3)c2C1. The molecule has 0 unspecified atom stereocenters. The maximum absolute atomic E-state index is 12.5. The lowest BCUT2D eigenvalue weighted by atomic mass is 9.71. The van der Waals surface area contributed by atoms with Gasteiger partial charge >= 0.3 is 0 Å². The van der Waals surface area contributed by atoms with Crippen LogP contribution in [-0.4, -0.2) is 16.0 Å². The normalized spacial score (nSPS) is 17.7. The lowest BCUT2D eigenvalue weighted by Gasteiger charge is -2.33. The van der Waals surface area contributed by atoms with E-state index in [9.17, 15) is 4.79 Å². The summed E-state index contributed by atoms with van der Waals surface area (Å²) in [6.07, 6.45) is 4.39. The van der Waals surface area contributed by atoms with Crippen LogP contribution in [0.2, 0.25) is 0 Å². The van der Waals surface area contributed by atoms with Crippen LogP contribution in [0.15, 0.2) is 27.3 Å². The molecular weight excluding hydrogens is 358 g/mol. The van der Waals surface area contributed by atoms with Crippen LogP contribution < -0.4 is 5.32 Å². The minimum atomic E-state index is -0.264. The Balaban J connectivity index is 1.80. The molecule has 1 N–H and O–H groups in total. The maximum Gasteiger partial charge on any atom is 0.279 e. The van der Waals surface area contributed by atoms with Gasteiger partial charge in [-0.05, 0) is 52.2 Å². The van der Waals surface area contributed by atoms with Crippen molar-refractivity contribution in [1.29, 1.82) is 0 Å². The highest BCUT2D eigenvalue weighted by molar-refractivity contribution is 9.10. The molecular formula is C17H20BrN3O2. The Morgan fingerprint density at radius 2 is 2.17 bits per heavy atom. The molecule has 6 heteroatoms. The fourth-order valence-corrected chi connectivity index (χ4v) is 3.18. The van der Waals surface area contributed by atoms with Crippen LogP contribution in [0.5, 0.6) is 0 Å². The average molecular weight is 378 g/mol. The monoisotopic (exact) mass is 377 g/mol. The molecule has 2 aromatic heterocycles. The zero-order chi connectivity index (χ0) is 16.6. The van der Waals surface area contributed by atoms with Gasteiger partial charge in [0.05, 0.1) is 0 Å². The lowest BCUT2D eigenvalue weighted by molar-refractivity contribution is 0.101. The smallest absolute Gasteiger partial charge is 0.279 e. The van der Waals surface area contributed by atoms with Crippen LogP contribution in [0.1, 0.15) is 49.0 Å². The molecule has 0 saturated heterocycles. The summed E-state index contributed by atoms with van der Waals surface area (Å²) >= 11 is 3.32. The largest absolute Gasteiger partial charge is 0.360 e. The first-order chi connectivity index (χ1) is 10.8. The molecule has 0 radical (unpaired) electrons. The topological polar surface area (TPSA) is 68.0 Å². The van der Waals surface area contributed by atoms with Gasteiger partial charge in [0.2, 0.25) is 0 Å². The summed E-state index contributed by atoms with van der Waals surface area (Å²) in [5.74, 6) is 1.60. The predicted octanol–water partition coefficient (Wildman–Crippen LogP) is 4.24. The Morgan fingerprint density at radius 1 is 1.39 bits per heavy atom. The Bertz CT molecular complexity index is 716. The number of nitrogens with zero attached hydrogens (tertiary/aromatic N) is 2. The highest BCUT2D eigenvalue weighted by atomic mass is 79.9.